The second-order valence-corrected chi connectivity index (χ2v) is 9.64. The molecular formula is C26H28O12. The highest BCUT2D eigenvalue weighted by Gasteiger charge is 2.54. The van der Waals surface area contributed by atoms with Gasteiger partial charge >= 0.3 is 5.97 Å². The average molecular weight is 532 g/mol. The average Bonchev–Trinajstić information content (AvgIpc) is 3.65. The van der Waals surface area contributed by atoms with Gasteiger partial charge in [0.05, 0.1) is 32.3 Å². The molecule has 12 heteroatoms. The van der Waals surface area contributed by atoms with Crippen LogP contribution in [0.1, 0.15) is 23.3 Å². The lowest BCUT2D eigenvalue weighted by Gasteiger charge is -2.39. The van der Waals surface area contributed by atoms with E-state index in [4.69, 9.17) is 33.2 Å². The topological polar surface area (TPSA) is 163 Å². The maximum atomic E-state index is 13.0. The summed E-state index contributed by atoms with van der Waals surface area (Å²) in [7, 11) is 1.43. The number of aliphatic hydroxyl groups is 4. The molecule has 4 aliphatic rings. The number of hydrogen-bond acceptors (Lipinski definition) is 12. The normalized spacial score (nSPS) is 35.6. The number of ether oxygens (including phenoxy) is 7. The number of hydrogen-bond donors (Lipinski definition) is 4. The quantitative estimate of drug-likeness (QED) is 0.375. The molecule has 0 amide bonds. The standard InChI is InChI=1S/C26H28O12/c1-32-16-6-12(3-5-15(16)36-26-22(30)21(29)20(28)18(8-27)37-26)24-19-13(9-33-24)23(38-25(19)31)11-2-4-14-17(7-11)35-10-34-14/h2-7,13,18-24,26-30H,8-10H2,1H3/t13-,18+,19-,20+,21-,22+,23+,24+,26+/m1/s1. The molecule has 0 radical (unpaired) electrons. The Morgan fingerprint density at radius 2 is 1.68 bits per heavy atom. The summed E-state index contributed by atoms with van der Waals surface area (Å²) in [4.78, 5) is 13.0. The Kier molecular flexibility index (Phi) is 6.54. The van der Waals surface area contributed by atoms with Crippen LogP contribution < -0.4 is 18.9 Å². The molecule has 204 valence electrons. The van der Waals surface area contributed by atoms with Gasteiger partial charge in [-0.25, -0.2) is 0 Å². The second-order valence-electron chi connectivity index (χ2n) is 9.64. The maximum Gasteiger partial charge on any atom is 0.313 e. The van der Waals surface area contributed by atoms with Crippen LogP contribution in [0.25, 0.3) is 0 Å². The summed E-state index contributed by atoms with van der Waals surface area (Å²) < 4.78 is 39.3. The van der Waals surface area contributed by atoms with Gasteiger partial charge in [-0.15, -0.1) is 0 Å². The third kappa shape index (κ3) is 4.13. The molecule has 0 bridgehead atoms. The minimum Gasteiger partial charge on any atom is -0.493 e. The van der Waals surface area contributed by atoms with Crippen LogP contribution >= 0.6 is 0 Å². The van der Waals surface area contributed by atoms with Crippen molar-refractivity contribution in [3.63, 3.8) is 0 Å². The Bertz CT molecular complexity index is 1200. The van der Waals surface area contributed by atoms with E-state index in [0.717, 1.165) is 5.56 Å². The van der Waals surface area contributed by atoms with Crippen LogP contribution in [0.3, 0.4) is 0 Å². The zero-order chi connectivity index (χ0) is 26.6. The number of methoxy groups -OCH3 is 1. The van der Waals surface area contributed by atoms with Gasteiger partial charge in [0, 0.05) is 5.92 Å². The molecule has 6 rings (SSSR count). The van der Waals surface area contributed by atoms with E-state index in [-0.39, 0.29) is 30.2 Å². The van der Waals surface area contributed by atoms with Gasteiger partial charge in [0.1, 0.15) is 30.5 Å². The minimum atomic E-state index is -1.58. The van der Waals surface area contributed by atoms with E-state index >= 15 is 0 Å². The molecule has 2 aromatic rings. The highest BCUT2D eigenvalue weighted by atomic mass is 16.7. The van der Waals surface area contributed by atoms with Crippen molar-refractivity contribution in [1.82, 2.24) is 0 Å². The molecule has 0 unspecified atom stereocenters. The van der Waals surface area contributed by atoms with Crippen LogP contribution in [0.2, 0.25) is 0 Å². The van der Waals surface area contributed by atoms with Gasteiger partial charge in [-0.3, -0.25) is 4.79 Å². The molecule has 0 saturated carbocycles. The molecule has 0 aromatic heterocycles. The monoisotopic (exact) mass is 532 g/mol. The zero-order valence-corrected chi connectivity index (χ0v) is 20.3. The molecule has 3 fully saturated rings. The summed E-state index contributed by atoms with van der Waals surface area (Å²) >= 11 is 0. The molecule has 4 heterocycles. The number of aliphatic hydroxyl groups excluding tert-OH is 4. The zero-order valence-electron chi connectivity index (χ0n) is 20.3. The molecule has 0 aliphatic carbocycles. The van der Waals surface area contributed by atoms with E-state index in [2.05, 4.69) is 0 Å². The molecule has 38 heavy (non-hydrogen) atoms. The van der Waals surface area contributed by atoms with E-state index in [0.29, 0.717) is 23.7 Å². The number of cyclic esters (lactones) is 1. The van der Waals surface area contributed by atoms with Crippen molar-refractivity contribution in [2.75, 3.05) is 27.1 Å². The van der Waals surface area contributed by atoms with Crippen LogP contribution in [0.5, 0.6) is 23.0 Å². The highest BCUT2D eigenvalue weighted by Crippen LogP contribution is 2.52. The number of carbonyl (C=O) groups excluding carboxylic acids is 1. The summed E-state index contributed by atoms with van der Waals surface area (Å²) in [5.41, 5.74) is 1.47. The van der Waals surface area contributed by atoms with Crippen molar-refractivity contribution >= 4 is 5.97 Å². The fraction of sp³-hybridized carbons (Fsp3) is 0.500. The lowest BCUT2D eigenvalue weighted by Crippen LogP contribution is -2.60. The van der Waals surface area contributed by atoms with Gasteiger partial charge in [-0.2, -0.15) is 0 Å². The second kappa shape index (κ2) is 9.88. The summed E-state index contributed by atoms with van der Waals surface area (Å²) in [5.74, 6) is 0.607. The molecular weight excluding hydrogens is 504 g/mol. The van der Waals surface area contributed by atoms with E-state index < -0.39 is 55.4 Å². The van der Waals surface area contributed by atoms with E-state index in [1.165, 1.54) is 7.11 Å². The minimum absolute atomic E-state index is 0.151. The third-order valence-electron chi connectivity index (χ3n) is 7.49. The van der Waals surface area contributed by atoms with Crippen LogP contribution in [0, 0.1) is 11.8 Å². The smallest absolute Gasteiger partial charge is 0.313 e. The van der Waals surface area contributed by atoms with Crippen molar-refractivity contribution in [3.05, 3.63) is 47.5 Å². The van der Waals surface area contributed by atoms with Crippen LogP contribution in [-0.2, 0) is 19.0 Å². The first-order valence-corrected chi connectivity index (χ1v) is 12.3. The Balaban J connectivity index is 1.21. The molecule has 0 spiro atoms. The number of rotatable bonds is 6. The van der Waals surface area contributed by atoms with Gasteiger partial charge in [0.2, 0.25) is 13.1 Å². The van der Waals surface area contributed by atoms with Crippen molar-refractivity contribution in [1.29, 1.82) is 0 Å². The highest BCUT2D eigenvalue weighted by molar-refractivity contribution is 5.77. The van der Waals surface area contributed by atoms with Crippen molar-refractivity contribution in [3.8, 4) is 23.0 Å². The first-order valence-electron chi connectivity index (χ1n) is 12.3. The Hall–Kier alpha value is -3.13. The van der Waals surface area contributed by atoms with Gasteiger partial charge in [0.15, 0.2) is 23.0 Å². The number of benzene rings is 2. The number of carbonyl (C=O) groups is 1. The lowest BCUT2D eigenvalue weighted by atomic mass is 9.84. The Labute approximate surface area is 217 Å². The van der Waals surface area contributed by atoms with Crippen LogP contribution in [0.15, 0.2) is 36.4 Å². The van der Waals surface area contributed by atoms with Gasteiger partial charge in [-0.1, -0.05) is 12.1 Å². The first kappa shape index (κ1) is 25.2. The molecule has 4 aliphatic heterocycles. The predicted octanol–water partition coefficient (Wildman–Crippen LogP) is 0.204. The van der Waals surface area contributed by atoms with Crippen LogP contribution in [0.4, 0.5) is 0 Å². The summed E-state index contributed by atoms with van der Waals surface area (Å²) in [6.45, 7) is -0.115. The van der Waals surface area contributed by atoms with Crippen LogP contribution in [-0.4, -0.2) is 84.2 Å². The predicted molar refractivity (Wildman–Crippen MR) is 124 cm³/mol. The van der Waals surface area contributed by atoms with E-state index in [1.807, 2.05) is 12.1 Å². The first-order chi connectivity index (χ1) is 18.4. The summed E-state index contributed by atoms with van der Waals surface area (Å²) in [6.07, 6.45) is -8.20. The van der Waals surface area contributed by atoms with Crippen molar-refractivity contribution in [2.24, 2.45) is 11.8 Å². The maximum absolute atomic E-state index is 13.0. The largest absolute Gasteiger partial charge is 0.493 e. The van der Waals surface area contributed by atoms with Crippen molar-refractivity contribution in [2.45, 2.75) is 42.9 Å². The fourth-order valence-electron chi connectivity index (χ4n) is 5.47. The lowest BCUT2D eigenvalue weighted by molar-refractivity contribution is -0.277. The summed E-state index contributed by atoms with van der Waals surface area (Å²) in [6, 6.07) is 10.4. The number of esters is 1. The molecule has 2 aromatic carbocycles. The molecule has 12 nitrogen and oxygen atoms in total. The third-order valence-corrected chi connectivity index (χ3v) is 7.49. The molecule has 3 saturated heterocycles. The van der Waals surface area contributed by atoms with Gasteiger partial charge in [0.25, 0.3) is 0 Å². The van der Waals surface area contributed by atoms with Gasteiger partial charge < -0.3 is 53.6 Å². The van der Waals surface area contributed by atoms with Crippen molar-refractivity contribution < 1.29 is 58.4 Å². The van der Waals surface area contributed by atoms with E-state index in [9.17, 15) is 25.2 Å². The summed E-state index contributed by atoms with van der Waals surface area (Å²) in [5, 5.41) is 39.8. The fourth-order valence-corrected chi connectivity index (χ4v) is 5.47. The van der Waals surface area contributed by atoms with Gasteiger partial charge in [-0.05, 0) is 35.4 Å². The Morgan fingerprint density at radius 3 is 2.47 bits per heavy atom. The SMILES string of the molecule is COc1cc([C@@H]2OC[C@@H]3[C@H]2C(=O)O[C@H]3c2ccc3c(c2)OCO3)ccc1O[C@H]1O[C@@H](CO)[C@H](O)[C@@H](O)[C@@H]1O. The molecule has 4 N–H and O–H groups in total. The Morgan fingerprint density at radius 1 is 0.921 bits per heavy atom. The molecule has 9 atom stereocenters. The van der Waals surface area contributed by atoms with E-state index in [1.54, 1.807) is 24.3 Å². The number of fused-ring (bicyclic) bond motifs is 2.